The molecule has 0 fully saturated rings. The van der Waals surface area contributed by atoms with Crippen LogP contribution in [0.4, 0.5) is 5.69 Å². The quantitative estimate of drug-likeness (QED) is 0.134. The molecule has 4 rings (SSSR count). The molecule has 33 heavy (non-hydrogen) atoms. The highest BCUT2D eigenvalue weighted by atomic mass is 16.4. The van der Waals surface area contributed by atoms with Gasteiger partial charge in [0.05, 0.1) is 6.26 Å². The van der Waals surface area contributed by atoms with Gasteiger partial charge in [-0.05, 0) is 76.2 Å². The minimum atomic E-state index is -0.983. The summed E-state index contributed by atoms with van der Waals surface area (Å²) >= 11 is 0. The van der Waals surface area contributed by atoms with Gasteiger partial charge in [0.2, 0.25) is 0 Å². The maximum Gasteiger partial charge on any atom is 0.328 e. The number of carbonyl (C=O) groups is 1. The summed E-state index contributed by atoms with van der Waals surface area (Å²) < 4.78 is 5.51. The second-order valence-electron chi connectivity index (χ2n) is 7.66. The van der Waals surface area contributed by atoms with Gasteiger partial charge >= 0.3 is 5.97 Å². The lowest BCUT2D eigenvalue weighted by Gasteiger charge is -2.17. The Morgan fingerprint density at radius 2 is 1.73 bits per heavy atom. The van der Waals surface area contributed by atoms with Crippen molar-refractivity contribution >= 4 is 46.1 Å². The maximum absolute atomic E-state index is 10.8. The highest BCUT2D eigenvalue weighted by Gasteiger charge is 2.15. The fourth-order valence-electron chi connectivity index (χ4n) is 3.98. The second-order valence-corrected chi connectivity index (χ2v) is 7.66. The number of aliphatic carboxylic acids is 1. The van der Waals surface area contributed by atoms with Crippen LogP contribution in [0.15, 0.2) is 83.5 Å². The van der Waals surface area contributed by atoms with Crippen molar-refractivity contribution in [3.05, 3.63) is 107 Å². The lowest BCUT2D eigenvalue weighted by Crippen LogP contribution is -1.99. The number of carboxylic acids is 1. The van der Waals surface area contributed by atoms with Crippen LogP contribution in [0, 0.1) is 5.41 Å². The van der Waals surface area contributed by atoms with Crippen molar-refractivity contribution < 1.29 is 14.3 Å². The summed E-state index contributed by atoms with van der Waals surface area (Å²) in [5.41, 5.74) is 14.1. The smallest absolute Gasteiger partial charge is 0.328 e. The van der Waals surface area contributed by atoms with Crippen LogP contribution in [-0.4, -0.2) is 17.3 Å². The first-order valence-electron chi connectivity index (χ1n) is 10.6. The first kappa shape index (κ1) is 21.8. The lowest BCUT2D eigenvalue weighted by atomic mass is 9.87. The molecule has 0 bridgehead atoms. The minimum Gasteiger partial charge on any atom is -0.478 e. The topological polar surface area (TPSA) is 100 Å². The zero-order chi connectivity index (χ0) is 23.4. The molecule has 4 aromatic rings. The van der Waals surface area contributed by atoms with Gasteiger partial charge in [-0.2, -0.15) is 0 Å². The van der Waals surface area contributed by atoms with E-state index in [1.807, 2.05) is 54.6 Å². The van der Waals surface area contributed by atoms with Crippen LogP contribution in [0.1, 0.15) is 41.2 Å². The number of nitrogens with two attached hydrogens (primary N) is 1. The van der Waals surface area contributed by atoms with Gasteiger partial charge in [0.25, 0.3) is 0 Å². The number of rotatable bonds is 7. The standard InChI is InChI=1S/C28H24N2O3/c1-2-24(20-9-11-26-21(15-20)13-14-33-26)28(22-8-10-25(30)23(16-22)17-29)19-6-3-18(4-7-19)5-12-27(31)32/h3-17,29H,2,30H2,1H3,(H,31,32)/b12-5+,28-24+,29-17?. The van der Waals surface area contributed by atoms with Gasteiger partial charge in [-0.15, -0.1) is 0 Å². The highest BCUT2D eigenvalue weighted by molar-refractivity contribution is 6.01. The summed E-state index contributed by atoms with van der Waals surface area (Å²) in [5.74, 6) is -0.983. The summed E-state index contributed by atoms with van der Waals surface area (Å²) in [7, 11) is 0. The van der Waals surface area contributed by atoms with Crippen LogP contribution >= 0.6 is 0 Å². The zero-order valence-electron chi connectivity index (χ0n) is 18.2. The fraction of sp³-hybridized carbons (Fsp3) is 0.0714. The van der Waals surface area contributed by atoms with Gasteiger partial charge in [0.15, 0.2) is 0 Å². The number of anilines is 1. The molecule has 0 unspecified atom stereocenters. The molecule has 164 valence electrons. The number of fused-ring (bicyclic) bond motifs is 1. The molecular formula is C28H24N2O3. The molecule has 0 amide bonds. The van der Waals surface area contributed by atoms with E-state index in [4.69, 9.17) is 20.7 Å². The maximum atomic E-state index is 10.8. The summed E-state index contributed by atoms with van der Waals surface area (Å²) in [6.07, 6.45) is 6.42. The summed E-state index contributed by atoms with van der Waals surface area (Å²) in [4.78, 5) is 10.8. The minimum absolute atomic E-state index is 0.556. The third kappa shape index (κ3) is 4.62. The Balaban J connectivity index is 1.93. The Labute approximate surface area is 192 Å². The third-order valence-corrected chi connectivity index (χ3v) is 5.60. The van der Waals surface area contributed by atoms with Gasteiger partial charge in [-0.1, -0.05) is 43.3 Å². The van der Waals surface area contributed by atoms with Crippen LogP contribution in [0.25, 0.3) is 28.2 Å². The molecule has 0 spiro atoms. The number of furan rings is 1. The van der Waals surface area contributed by atoms with Gasteiger partial charge in [0, 0.05) is 28.9 Å². The summed E-state index contributed by atoms with van der Waals surface area (Å²) in [6, 6.07) is 21.6. The Kier molecular flexibility index (Phi) is 6.22. The fourth-order valence-corrected chi connectivity index (χ4v) is 3.98. The molecule has 1 aromatic heterocycles. The van der Waals surface area contributed by atoms with Crippen molar-refractivity contribution in [1.29, 1.82) is 5.41 Å². The molecule has 0 saturated carbocycles. The number of allylic oxidation sites excluding steroid dienone is 1. The van der Waals surface area contributed by atoms with Crippen molar-refractivity contribution in [2.24, 2.45) is 0 Å². The van der Waals surface area contributed by atoms with Crippen molar-refractivity contribution in [1.82, 2.24) is 0 Å². The molecular weight excluding hydrogens is 412 g/mol. The van der Waals surface area contributed by atoms with Crippen LogP contribution in [-0.2, 0) is 4.79 Å². The van der Waals surface area contributed by atoms with Crippen LogP contribution in [0.2, 0.25) is 0 Å². The average molecular weight is 437 g/mol. The molecule has 5 nitrogen and oxygen atoms in total. The van der Waals surface area contributed by atoms with E-state index in [-0.39, 0.29) is 0 Å². The van der Waals surface area contributed by atoms with Gasteiger partial charge in [-0.25, -0.2) is 4.79 Å². The van der Waals surface area contributed by atoms with Crippen LogP contribution in [0.3, 0.4) is 0 Å². The molecule has 0 aliphatic rings. The Bertz CT molecular complexity index is 1390. The molecule has 5 heteroatoms. The number of hydrogen-bond acceptors (Lipinski definition) is 4. The Hall–Kier alpha value is -4.38. The summed E-state index contributed by atoms with van der Waals surface area (Å²) in [6.45, 7) is 2.12. The molecule has 0 saturated heterocycles. The lowest BCUT2D eigenvalue weighted by molar-refractivity contribution is -0.131. The van der Waals surface area contributed by atoms with Crippen molar-refractivity contribution in [3.8, 4) is 0 Å². The number of nitrogen functional groups attached to an aromatic ring is 1. The predicted octanol–water partition coefficient (Wildman–Crippen LogP) is 6.48. The van der Waals surface area contributed by atoms with Crippen molar-refractivity contribution in [2.75, 3.05) is 5.73 Å². The SMILES string of the molecule is CC/C(=C(/c1ccc(/C=C/C(=O)O)cc1)c1ccc(N)c(C=N)c1)c1ccc2occc2c1. The van der Waals surface area contributed by atoms with E-state index in [2.05, 4.69) is 19.1 Å². The molecule has 0 atom stereocenters. The van der Waals surface area contributed by atoms with Crippen molar-refractivity contribution in [3.63, 3.8) is 0 Å². The molecule has 0 aliphatic carbocycles. The number of hydrogen-bond donors (Lipinski definition) is 3. The van der Waals surface area contributed by atoms with Crippen LogP contribution in [0.5, 0.6) is 0 Å². The van der Waals surface area contributed by atoms with E-state index in [1.54, 1.807) is 12.3 Å². The Morgan fingerprint density at radius 1 is 1.00 bits per heavy atom. The number of nitrogens with one attached hydrogen (secondary N) is 1. The summed E-state index contributed by atoms with van der Waals surface area (Å²) in [5, 5.41) is 17.7. The molecule has 0 radical (unpaired) electrons. The third-order valence-electron chi connectivity index (χ3n) is 5.60. The highest BCUT2D eigenvalue weighted by Crippen LogP contribution is 2.36. The van der Waals surface area contributed by atoms with E-state index in [9.17, 15) is 4.79 Å². The van der Waals surface area contributed by atoms with E-state index >= 15 is 0 Å². The number of benzene rings is 3. The zero-order valence-corrected chi connectivity index (χ0v) is 18.2. The van der Waals surface area contributed by atoms with E-state index < -0.39 is 5.97 Å². The van der Waals surface area contributed by atoms with Crippen molar-refractivity contribution in [2.45, 2.75) is 13.3 Å². The van der Waals surface area contributed by atoms with Crippen LogP contribution < -0.4 is 5.73 Å². The van der Waals surface area contributed by atoms with Gasteiger partial charge < -0.3 is 20.7 Å². The molecule has 3 aromatic carbocycles. The van der Waals surface area contributed by atoms with E-state index in [0.717, 1.165) is 56.9 Å². The van der Waals surface area contributed by atoms with Gasteiger partial charge in [0.1, 0.15) is 5.58 Å². The van der Waals surface area contributed by atoms with E-state index in [0.29, 0.717) is 11.3 Å². The first-order chi connectivity index (χ1) is 16.0. The van der Waals surface area contributed by atoms with E-state index in [1.165, 1.54) is 6.21 Å². The molecule has 1 heterocycles. The normalized spacial score (nSPS) is 12.2. The predicted molar refractivity (Wildman–Crippen MR) is 134 cm³/mol. The largest absolute Gasteiger partial charge is 0.478 e. The monoisotopic (exact) mass is 436 g/mol. The average Bonchev–Trinajstić information content (AvgIpc) is 3.30. The molecule has 0 aliphatic heterocycles. The molecule has 4 N–H and O–H groups in total. The Morgan fingerprint density at radius 3 is 2.42 bits per heavy atom. The second kappa shape index (κ2) is 9.40. The first-order valence-corrected chi connectivity index (χ1v) is 10.6. The number of carboxylic acid groups (broad SMARTS) is 1. The van der Waals surface area contributed by atoms with Gasteiger partial charge in [-0.3, -0.25) is 0 Å².